The molecular formula is C9H10Cl3NO2S. The number of halogens is 3. The molecule has 1 rings (SSSR count). The summed E-state index contributed by atoms with van der Waals surface area (Å²) in [6.45, 7) is 0.214. The maximum Gasteiger partial charge on any atom is 0.228 e. The van der Waals surface area contributed by atoms with E-state index in [-0.39, 0.29) is 6.54 Å². The molecule has 0 amide bonds. The Labute approximate surface area is 110 Å². The summed E-state index contributed by atoms with van der Waals surface area (Å²) < 4.78 is 23.9. The summed E-state index contributed by atoms with van der Waals surface area (Å²) in [5, 5.41) is 0.397. The third kappa shape index (κ3) is 3.50. The molecule has 0 aliphatic heterocycles. The Balaban J connectivity index is 2.86. The first kappa shape index (κ1) is 14.1. The van der Waals surface area contributed by atoms with Crippen LogP contribution in [0.3, 0.4) is 0 Å². The summed E-state index contributed by atoms with van der Waals surface area (Å²) in [5.41, 5.74) is 0.755. The second kappa shape index (κ2) is 5.56. The average molecular weight is 303 g/mol. The van der Waals surface area contributed by atoms with Crippen LogP contribution in [0.15, 0.2) is 18.2 Å². The molecule has 0 aliphatic carbocycles. The Bertz CT molecular complexity index is 476. The van der Waals surface area contributed by atoms with Gasteiger partial charge in [0.2, 0.25) is 10.0 Å². The molecule has 90 valence electrons. The van der Waals surface area contributed by atoms with E-state index >= 15 is 0 Å². The van der Waals surface area contributed by atoms with E-state index < -0.39 is 15.2 Å². The van der Waals surface area contributed by atoms with Gasteiger partial charge in [-0.15, -0.1) is 11.6 Å². The van der Waals surface area contributed by atoms with Crippen LogP contribution in [0.2, 0.25) is 10.0 Å². The zero-order chi connectivity index (χ0) is 12.3. The lowest BCUT2D eigenvalue weighted by atomic mass is 10.2. The summed E-state index contributed by atoms with van der Waals surface area (Å²) in [7, 11) is -1.94. The van der Waals surface area contributed by atoms with Crippen LogP contribution < -0.4 is 0 Å². The maximum absolute atomic E-state index is 11.4. The molecule has 0 radical (unpaired) electrons. The van der Waals surface area contributed by atoms with Gasteiger partial charge in [-0.25, -0.2) is 8.42 Å². The molecule has 0 fully saturated rings. The lowest BCUT2D eigenvalue weighted by molar-refractivity contribution is 0.471. The van der Waals surface area contributed by atoms with Crippen molar-refractivity contribution < 1.29 is 8.42 Å². The van der Waals surface area contributed by atoms with Crippen LogP contribution >= 0.6 is 34.8 Å². The molecule has 0 unspecified atom stereocenters. The third-order valence-corrected chi connectivity index (χ3v) is 4.92. The molecule has 16 heavy (non-hydrogen) atoms. The summed E-state index contributed by atoms with van der Waals surface area (Å²) in [6, 6.07) is 4.97. The van der Waals surface area contributed by atoms with Crippen LogP contribution in [0, 0.1) is 0 Å². The molecule has 0 saturated carbocycles. The quantitative estimate of drug-likeness (QED) is 0.802. The van der Waals surface area contributed by atoms with Crippen LogP contribution in [-0.4, -0.2) is 25.0 Å². The van der Waals surface area contributed by atoms with E-state index in [0.29, 0.717) is 10.0 Å². The molecule has 1 aromatic rings. The molecule has 0 heterocycles. The van der Waals surface area contributed by atoms with E-state index in [0.717, 1.165) is 5.56 Å². The number of rotatable bonds is 4. The Morgan fingerprint density at radius 3 is 2.38 bits per heavy atom. The summed E-state index contributed by atoms with van der Waals surface area (Å²) >= 11 is 16.9. The Hall–Kier alpha value is -0.000000000000000167. The highest BCUT2D eigenvalue weighted by Crippen LogP contribution is 2.23. The minimum absolute atomic E-state index is 0.214. The number of nitrogens with zero attached hydrogens (tertiary/aromatic N) is 1. The molecule has 0 aliphatic rings. The zero-order valence-corrected chi connectivity index (χ0v) is 11.5. The molecule has 0 spiro atoms. The normalized spacial score (nSPS) is 12.1. The smallest absolute Gasteiger partial charge is 0.211 e. The first-order chi connectivity index (χ1) is 7.36. The van der Waals surface area contributed by atoms with Crippen molar-refractivity contribution in [3.8, 4) is 0 Å². The van der Waals surface area contributed by atoms with E-state index in [1.54, 1.807) is 18.2 Å². The number of sulfonamides is 1. The Morgan fingerprint density at radius 1 is 1.25 bits per heavy atom. The van der Waals surface area contributed by atoms with E-state index in [9.17, 15) is 8.42 Å². The second-order valence-corrected chi connectivity index (χ2v) is 6.70. The zero-order valence-electron chi connectivity index (χ0n) is 8.45. The second-order valence-electron chi connectivity index (χ2n) is 3.23. The van der Waals surface area contributed by atoms with Crippen molar-refractivity contribution in [2.75, 3.05) is 12.3 Å². The van der Waals surface area contributed by atoms with Crippen molar-refractivity contribution >= 4 is 44.8 Å². The summed E-state index contributed by atoms with van der Waals surface area (Å²) in [5.74, 6) is 0. The van der Waals surface area contributed by atoms with Gasteiger partial charge in [0, 0.05) is 13.6 Å². The molecule has 1 aromatic carbocycles. The first-order valence-corrected chi connectivity index (χ1v) is 7.20. The molecule has 0 atom stereocenters. The van der Waals surface area contributed by atoms with E-state index in [4.69, 9.17) is 34.8 Å². The average Bonchev–Trinajstić information content (AvgIpc) is 2.23. The van der Waals surface area contributed by atoms with Crippen molar-refractivity contribution in [2.24, 2.45) is 0 Å². The van der Waals surface area contributed by atoms with Crippen LogP contribution in [0.5, 0.6) is 0 Å². The first-order valence-electron chi connectivity index (χ1n) is 4.30. The largest absolute Gasteiger partial charge is 0.228 e. The fraction of sp³-hybridized carbons (Fsp3) is 0.333. The number of hydrogen-bond donors (Lipinski definition) is 0. The fourth-order valence-corrected chi connectivity index (χ4v) is 2.41. The molecule has 7 heteroatoms. The van der Waals surface area contributed by atoms with E-state index in [1.165, 1.54) is 11.4 Å². The topological polar surface area (TPSA) is 37.4 Å². The maximum atomic E-state index is 11.4. The van der Waals surface area contributed by atoms with Crippen LogP contribution in [0.25, 0.3) is 0 Å². The molecule has 0 N–H and O–H groups in total. The Morgan fingerprint density at radius 2 is 1.88 bits per heavy atom. The highest BCUT2D eigenvalue weighted by atomic mass is 35.5. The van der Waals surface area contributed by atoms with E-state index in [1.807, 2.05) is 0 Å². The van der Waals surface area contributed by atoms with Gasteiger partial charge >= 0.3 is 0 Å². The highest BCUT2D eigenvalue weighted by Gasteiger charge is 2.16. The van der Waals surface area contributed by atoms with Crippen LogP contribution in [-0.2, 0) is 16.6 Å². The number of hydrogen-bond acceptors (Lipinski definition) is 2. The van der Waals surface area contributed by atoms with Crippen molar-refractivity contribution in [3.05, 3.63) is 33.8 Å². The molecular weight excluding hydrogens is 293 g/mol. The minimum atomic E-state index is -3.40. The number of alkyl halides is 1. The van der Waals surface area contributed by atoms with Gasteiger partial charge in [0.05, 0.1) is 10.0 Å². The van der Waals surface area contributed by atoms with E-state index in [2.05, 4.69) is 0 Å². The molecule has 0 saturated heterocycles. The van der Waals surface area contributed by atoms with Gasteiger partial charge in [-0.3, -0.25) is 0 Å². The lowest BCUT2D eigenvalue weighted by Crippen LogP contribution is -2.27. The predicted octanol–water partition coefficient (Wildman–Crippen LogP) is 2.95. The van der Waals surface area contributed by atoms with Gasteiger partial charge in [0.25, 0.3) is 0 Å². The van der Waals surface area contributed by atoms with Gasteiger partial charge in [0.1, 0.15) is 5.21 Å². The van der Waals surface area contributed by atoms with Gasteiger partial charge < -0.3 is 0 Å². The van der Waals surface area contributed by atoms with Crippen molar-refractivity contribution in [2.45, 2.75) is 6.54 Å². The molecule has 0 aromatic heterocycles. The van der Waals surface area contributed by atoms with Crippen molar-refractivity contribution in [3.63, 3.8) is 0 Å². The standard InChI is InChI=1S/C9H10Cl3NO2S/c1-13(16(14,15)6-10)5-7-2-3-8(11)9(12)4-7/h2-4H,5-6H2,1H3. The van der Waals surface area contributed by atoms with Crippen molar-refractivity contribution in [1.82, 2.24) is 4.31 Å². The molecule has 0 bridgehead atoms. The van der Waals surface area contributed by atoms with Gasteiger partial charge in [0.15, 0.2) is 0 Å². The predicted molar refractivity (Wildman–Crippen MR) is 67.6 cm³/mol. The lowest BCUT2D eigenvalue weighted by Gasteiger charge is -2.15. The van der Waals surface area contributed by atoms with Gasteiger partial charge in [-0.05, 0) is 17.7 Å². The number of benzene rings is 1. The van der Waals surface area contributed by atoms with Crippen LogP contribution in [0.4, 0.5) is 0 Å². The monoisotopic (exact) mass is 301 g/mol. The highest BCUT2D eigenvalue weighted by molar-refractivity contribution is 7.90. The van der Waals surface area contributed by atoms with Crippen LogP contribution in [0.1, 0.15) is 5.56 Å². The summed E-state index contributed by atoms with van der Waals surface area (Å²) in [6.07, 6.45) is 0. The van der Waals surface area contributed by atoms with Gasteiger partial charge in [-0.2, -0.15) is 4.31 Å². The SMILES string of the molecule is CN(Cc1ccc(Cl)c(Cl)c1)S(=O)(=O)CCl. The summed E-state index contributed by atoms with van der Waals surface area (Å²) in [4.78, 5) is 0. The molecule has 3 nitrogen and oxygen atoms in total. The Kier molecular flexibility index (Phi) is 4.88. The fourth-order valence-electron chi connectivity index (χ4n) is 1.08. The third-order valence-electron chi connectivity index (χ3n) is 2.00. The van der Waals surface area contributed by atoms with Crippen molar-refractivity contribution in [1.29, 1.82) is 0 Å². The minimum Gasteiger partial charge on any atom is -0.211 e. The van der Waals surface area contributed by atoms with Gasteiger partial charge in [-0.1, -0.05) is 29.3 Å².